The van der Waals surface area contributed by atoms with Crippen LogP contribution in [0.5, 0.6) is 0 Å². The van der Waals surface area contributed by atoms with Crippen LogP contribution in [0.2, 0.25) is 0 Å². The summed E-state index contributed by atoms with van der Waals surface area (Å²) in [4.78, 5) is 25.7. The molecule has 0 saturated carbocycles. The summed E-state index contributed by atoms with van der Waals surface area (Å²) >= 11 is 0. The molecule has 0 amide bonds. The van der Waals surface area contributed by atoms with Crippen LogP contribution in [0.3, 0.4) is 0 Å². The number of hydrogen-bond donors (Lipinski definition) is 0. The molecule has 1 unspecified atom stereocenters. The van der Waals surface area contributed by atoms with E-state index in [1.807, 2.05) is 48.6 Å². The van der Waals surface area contributed by atoms with Gasteiger partial charge in [-0.05, 0) is 58.2 Å². The molecule has 0 saturated heterocycles. The summed E-state index contributed by atoms with van der Waals surface area (Å²) in [7, 11) is 2.89. The van der Waals surface area contributed by atoms with Gasteiger partial charge in [0, 0.05) is 10.8 Å². The summed E-state index contributed by atoms with van der Waals surface area (Å²) in [5, 5.41) is 0. The standard InChI is InChI=1S/C33H32O4/c1-4-11-23-20-32(21-30(34)36-2,27-15-8-5-12-24(23)27)18-19-33(22-31(35)37-3)28-16-9-6-13-25(28)26-14-7-10-17-29(26)33/h4-17H,1,18-22H2,2-3H3/b23-11+. The first-order chi connectivity index (χ1) is 18.0. The van der Waals surface area contributed by atoms with Crippen LogP contribution in [0.25, 0.3) is 16.7 Å². The molecule has 2 aliphatic rings. The lowest BCUT2D eigenvalue weighted by molar-refractivity contribution is -0.143. The predicted molar refractivity (Wildman–Crippen MR) is 146 cm³/mol. The molecule has 0 spiro atoms. The summed E-state index contributed by atoms with van der Waals surface area (Å²) in [5.41, 5.74) is 7.07. The van der Waals surface area contributed by atoms with E-state index >= 15 is 0 Å². The van der Waals surface area contributed by atoms with Gasteiger partial charge in [-0.3, -0.25) is 9.59 Å². The highest BCUT2D eigenvalue weighted by Gasteiger charge is 2.49. The minimum atomic E-state index is -0.552. The first-order valence-electron chi connectivity index (χ1n) is 12.7. The largest absolute Gasteiger partial charge is 0.469 e. The molecule has 1 atom stereocenters. The smallest absolute Gasteiger partial charge is 0.306 e. The van der Waals surface area contributed by atoms with Crippen molar-refractivity contribution in [1.29, 1.82) is 0 Å². The van der Waals surface area contributed by atoms with E-state index in [9.17, 15) is 9.59 Å². The molecule has 4 nitrogen and oxygen atoms in total. The molecule has 5 rings (SSSR count). The molecule has 188 valence electrons. The highest BCUT2D eigenvalue weighted by Crippen LogP contribution is 2.57. The van der Waals surface area contributed by atoms with Crippen LogP contribution < -0.4 is 0 Å². The van der Waals surface area contributed by atoms with Crippen LogP contribution in [-0.4, -0.2) is 26.2 Å². The van der Waals surface area contributed by atoms with E-state index in [1.54, 1.807) is 0 Å². The Labute approximate surface area is 218 Å². The second kappa shape index (κ2) is 9.85. The number of fused-ring (bicyclic) bond motifs is 4. The van der Waals surface area contributed by atoms with Crippen LogP contribution in [-0.2, 0) is 29.9 Å². The third-order valence-electron chi connectivity index (χ3n) is 8.28. The second-order valence-corrected chi connectivity index (χ2v) is 10.1. The summed E-state index contributed by atoms with van der Waals surface area (Å²) in [6, 6.07) is 25.0. The summed E-state index contributed by atoms with van der Waals surface area (Å²) in [6.07, 6.45) is 6.46. The fourth-order valence-corrected chi connectivity index (χ4v) is 6.62. The number of esters is 2. The van der Waals surface area contributed by atoms with Crippen molar-refractivity contribution in [3.8, 4) is 11.1 Å². The van der Waals surface area contributed by atoms with Gasteiger partial charge in [0.2, 0.25) is 0 Å². The topological polar surface area (TPSA) is 52.6 Å². The molecule has 0 bridgehead atoms. The van der Waals surface area contributed by atoms with Gasteiger partial charge in [0.15, 0.2) is 0 Å². The van der Waals surface area contributed by atoms with Gasteiger partial charge in [-0.15, -0.1) is 0 Å². The average molecular weight is 493 g/mol. The summed E-state index contributed by atoms with van der Waals surface area (Å²) < 4.78 is 10.4. The fourth-order valence-electron chi connectivity index (χ4n) is 6.62. The molecule has 0 fully saturated rings. The zero-order valence-corrected chi connectivity index (χ0v) is 21.5. The van der Waals surface area contributed by atoms with E-state index in [4.69, 9.17) is 9.47 Å². The van der Waals surface area contributed by atoms with Gasteiger partial charge in [0.1, 0.15) is 0 Å². The monoisotopic (exact) mass is 492 g/mol. The summed E-state index contributed by atoms with van der Waals surface area (Å²) in [5.74, 6) is -0.475. The van der Waals surface area contributed by atoms with Crippen LogP contribution in [0.1, 0.15) is 54.4 Å². The molecule has 4 heteroatoms. The first-order valence-corrected chi connectivity index (χ1v) is 12.7. The number of hydrogen-bond acceptors (Lipinski definition) is 4. The number of rotatable bonds is 8. The van der Waals surface area contributed by atoms with Crippen molar-refractivity contribution in [2.24, 2.45) is 0 Å². The van der Waals surface area contributed by atoms with Crippen molar-refractivity contribution in [3.63, 3.8) is 0 Å². The fraction of sp³-hybridized carbons (Fsp3) is 0.273. The number of allylic oxidation sites excluding steroid dienone is 3. The molecule has 2 aliphatic carbocycles. The Morgan fingerprint density at radius 1 is 0.757 bits per heavy atom. The van der Waals surface area contributed by atoms with Gasteiger partial charge in [-0.25, -0.2) is 0 Å². The Bertz CT molecular complexity index is 1350. The van der Waals surface area contributed by atoms with Gasteiger partial charge in [0.05, 0.1) is 27.1 Å². The highest BCUT2D eigenvalue weighted by molar-refractivity contribution is 5.85. The third-order valence-corrected chi connectivity index (χ3v) is 8.28. The Morgan fingerprint density at radius 3 is 1.84 bits per heavy atom. The zero-order chi connectivity index (χ0) is 26.0. The molecule has 3 aromatic rings. The van der Waals surface area contributed by atoms with Crippen molar-refractivity contribution >= 4 is 17.5 Å². The Kier molecular flexibility index (Phi) is 6.59. The Hall–Kier alpha value is -3.92. The van der Waals surface area contributed by atoms with E-state index in [0.29, 0.717) is 19.3 Å². The van der Waals surface area contributed by atoms with Crippen molar-refractivity contribution in [3.05, 3.63) is 114 Å². The Balaban J connectivity index is 1.65. The number of ether oxygens (including phenoxy) is 2. The second-order valence-electron chi connectivity index (χ2n) is 10.1. The van der Waals surface area contributed by atoms with E-state index in [0.717, 1.165) is 33.4 Å². The van der Waals surface area contributed by atoms with Gasteiger partial charge < -0.3 is 9.47 Å². The van der Waals surface area contributed by atoms with E-state index in [-0.39, 0.29) is 24.8 Å². The maximum atomic E-state index is 12.9. The van der Waals surface area contributed by atoms with Crippen LogP contribution in [0.15, 0.2) is 91.5 Å². The van der Waals surface area contributed by atoms with E-state index in [1.165, 1.54) is 19.8 Å². The highest BCUT2D eigenvalue weighted by atomic mass is 16.5. The van der Waals surface area contributed by atoms with Gasteiger partial charge in [-0.2, -0.15) is 0 Å². The van der Waals surface area contributed by atoms with Gasteiger partial charge >= 0.3 is 11.9 Å². The lowest BCUT2D eigenvalue weighted by Gasteiger charge is -2.37. The number of carbonyl (C=O) groups is 2. The molecule has 0 radical (unpaired) electrons. The number of methoxy groups -OCH3 is 2. The third kappa shape index (κ3) is 4.11. The van der Waals surface area contributed by atoms with Crippen molar-refractivity contribution < 1.29 is 19.1 Å². The molecule has 0 aromatic heterocycles. The van der Waals surface area contributed by atoms with Crippen LogP contribution in [0, 0.1) is 0 Å². The molecular formula is C33H32O4. The molecule has 3 aromatic carbocycles. The molecule has 0 N–H and O–H groups in total. The van der Waals surface area contributed by atoms with E-state index in [2.05, 4.69) is 43.0 Å². The molecule has 0 heterocycles. The molecular weight excluding hydrogens is 460 g/mol. The van der Waals surface area contributed by atoms with Gasteiger partial charge in [-0.1, -0.05) is 91.5 Å². The zero-order valence-electron chi connectivity index (χ0n) is 21.5. The molecule has 0 aliphatic heterocycles. The lowest BCUT2D eigenvalue weighted by atomic mass is 9.66. The lowest BCUT2D eigenvalue weighted by Crippen LogP contribution is -2.34. The SMILES string of the molecule is C=C/C=C1\CC(CCC2(CC(=O)OC)c3ccccc3-c3ccccc32)(CC(=O)OC)c2ccccc21. The normalized spacial score (nSPS) is 19.6. The number of benzene rings is 3. The van der Waals surface area contributed by atoms with E-state index < -0.39 is 10.8 Å². The Morgan fingerprint density at radius 2 is 1.27 bits per heavy atom. The number of carbonyl (C=O) groups excluding carboxylic acids is 2. The van der Waals surface area contributed by atoms with Crippen LogP contribution in [0.4, 0.5) is 0 Å². The minimum Gasteiger partial charge on any atom is -0.469 e. The summed E-state index contributed by atoms with van der Waals surface area (Å²) in [6.45, 7) is 3.91. The minimum absolute atomic E-state index is 0.233. The predicted octanol–water partition coefficient (Wildman–Crippen LogP) is 6.77. The van der Waals surface area contributed by atoms with Crippen LogP contribution >= 0.6 is 0 Å². The quantitative estimate of drug-likeness (QED) is 0.326. The van der Waals surface area contributed by atoms with Crippen molar-refractivity contribution in [2.75, 3.05) is 14.2 Å². The van der Waals surface area contributed by atoms with Crippen molar-refractivity contribution in [2.45, 2.75) is 42.9 Å². The molecule has 37 heavy (non-hydrogen) atoms. The average Bonchev–Trinajstić information content (AvgIpc) is 3.38. The van der Waals surface area contributed by atoms with Gasteiger partial charge in [0.25, 0.3) is 0 Å². The first kappa shape index (κ1) is 24.8. The maximum absolute atomic E-state index is 12.9. The maximum Gasteiger partial charge on any atom is 0.306 e. The van der Waals surface area contributed by atoms with Crippen molar-refractivity contribution in [1.82, 2.24) is 0 Å².